The number of likely N-dealkylation sites (N-methyl/N-ethyl adjacent to an activating group) is 1. The summed E-state index contributed by atoms with van der Waals surface area (Å²) in [7, 11) is 3.98. The fourth-order valence-corrected chi connectivity index (χ4v) is 2.08. The van der Waals surface area contributed by atoms with E-state index in [0.717, 1.165) is 35.4 Å². The van der Waals surface area contributed by atoms with E-state index in [9.17, 15) is 4.79 Å². The SMILES string of the molecule is CN(C)CCN(CCC(=O)O)c1ccc(SC#N)cc1. The molecule has 1 aromatic carbocycles. The van der Waals surface area contributed by atoms with E-state index in [1.54, 1.807) is 0 Å². The molecule has 5 nitrogen and oxygen atoms in total. The minimum atomic E-state index is -0.795. The Kier molecular flexibility index (Phi) is 6.91. The number of thiocyanates is 1. The standard InChI is InChI=1S/C14H19N3O2S/c1-16(2)9-10-17(8-7-14(18)19)12-3-5-13(6-4-12)20-11-15/h3-6H,7-10H2,1-2H3,(H,18,19). The van der Waals surface area contributed by atoms with Crippen LogP contribution in [0.5, 0.6) is 0 Å². The van der Waals surface area contributed by atoms with Crippen LogP contribution in [-0.4, -0.2) is 49.7 Å². The van der Waals surface area contributed by atoms with Gasteiger partial charge in [-0.05, 0) is 50.1 Å². The molecule has 0 heterocycles. The van der Waals surface area contributed by atoms with Crippen LogP contribution in [0.25, 0.3) is 0 Å². The molecule has 0 bridgehead atoms. The predicted molar refractivity (Wildman–Crippen MR) is 80.9 cm³/mol. The number of carboxylic acids is 1. The van der Waals surface area contributed by atoms with E-state index in [2.05, 4.69) is 9.80 Å². The monoisotopic (exact) mass is 293 g/mol. The first-order valence-electron chi connectivity index (χ1n) is 6.30. The first kappa shape index (κ1) is 16.3. The normalized spacial score (nSPS) is 10.3. The van der Waals surface area contributed by atoms with Gasteiger partial charge in [0, 0.05) is 30.2 Å². The fourth-order valence-electron chi connectivity index (χ4n) is 1.70. The molecule has 0 aliphatic rings. The van der Waals surface area contributed by atoms with Crippen LogP contribution in [0.4, 0.5) is 5.69 Å². The molecule has 108 valence electrons. The molecule has 1 N–H and O–H groups in total. The predicted octanol–water partition coefficient (Wildman–Crippen LogP) is 2.10. The van der Waals surface area contributed by atoms with Crippen molar-refractivity contribution in [3.8, 4) is 5.40 Å². The zero-order valence-corrected chi connectivity index (χ0v) is 12.6. The van der Waals surface area contributed by atoms with Gasteiger partial charge < -0.3 is 14.9 Å². The van der Waals surface area contributed by atoms with E-state index in [0.29, 0.717) is 6.54 Å². The largest absolute Gasteiger partial charge is 0.481 e. The highest BCUT2D eigenvalue weighted by molar-refractivity contribution is 8.03. The lowest BCUT2D eigenvalue weighted by atomic mass is 10.2. The van der Waals surface area contributed by atoms with Crippen molar-refractivity contribution in [2.75, 3.05) is 38.6 Å². The van der Waals surface area contributed by atoms with E-state index in [1.807, 2.05) is 43.8 Å². The fraction of sp³-hybridized carbons (Fsp3) is 0.429. The molecule has 0 fully saturated rings. The zero-order chi connectivity index (χ0) is 15.0. The summed E-state index contributed by atoms with van der Waals surface area (Å²) in [4.78, 5) is 15.7. The number of benzene rings is 1. The van der Waals surface area contributed by atoms with E-state index >= 15 is 0 Å². The summed E-state index contributed by atoms with van der Waals surface area (Å²) in [6, 6.07) is 7.62. The molecule has 0 unspecified atom stereocenters. The topological polar surface area (TPSA) is 67.6 Å². The van der Waals surface area contributed by atoms with Crippen LogP contribution < -0.4 is 4.90 Å². The Hall–Kier alpha value is -1.71. The Morgan fingerprint density at radius 2 is 1.90 bits per heavy atom. The van der Waals surface area contributed by atoms with Crippen molar-refractivity contribution < 1.29 is 9.90 Å². The lowest BCUT2D eigenvalue weighted by molar-refractivity contribution is -0.136. The van der Waals surface area contributed by atoms with Crippen molar-refractivity contribution in [1.29, 1.82) is 5.26 Å². The summed E-state index contributed by atoms with van der Waals surface area (Å²) in [5.41, 5.74) is 0.982. The number of thioether (sulfide) groups is 1. The van der Waals surface area contributed by atoms with Gasteiger partial charge in [0.15, 0.2) is 0 Å². The molecule has 0 aliphatic carbocycles. The van der Waals surface area contributed by atoms with E-state index in [-0.39, 0.29) is 6.42 Å². The maximum atomic E-state index is 10.7. The number of carboxylic acid groups (broad SMARTS) is 1. The lowest BCUT2D eigenvalue weighted by Gasteiger charge is -2.26. The minimum absolute atomic E-state index is 0.113. The smallest absolute Gasteiger partial charge is 0.305 e. The second-order valence-corrected chi connectivity index (χ2v) is 5.48. The second kappa shape index (κ2) is 8.46. The third-order valence-electron chi connectivity index (χ3n) is 2.78. The molecule has 20 heavy (non-hydrogen) atoms. The van der Waals surface area contributed by atoms with Gasteiger partial charge in [0.25, 0.3) is 0 Å². The molecule has 0 saturated heterocycles. The maximum Gasteiger partial charge on any atom is 0.305 e. The molecule has 0 spiro atoms. The average molecular weight is 293 g/mol. The summed E-state index contributed by atoms with van der Waals surface area (Å²) < 4.78 is 0. The molecule has 6 heteroatoms. The third kappa shape index (κ3) is 5.95. The Balaban J connectivity index is 2.74. The average Bonchev–Trinajstić information content (AvgIpc) is 2.40. The van der Waals surface area contributed by atoms with E-state index in [4.69, 9.17) is 10.4 Å². The van der Waals surface area contributed by atoms with Gasteiger partial charge in [0.05, 0.1) is 6.42 Å². The van der Waals surface area contributed by atoms with Crippen molar-refractivity contribution >= 4 is 23.4 Å². The van der Waals surface area contributed by atoms with E-state index < -0.39 is 5.97 Å². The summed E-state index contributed by atoms with van der Waals surface area (Å²) in [5.74, 6) is -0.795. The van der Waals surface area contributed by atoms with Gasteiger partial charge in [-0.2, -0.15) is 5.26 Å². The van der Waals surface area contributed by atoms with Gasteiger partial charge in [0.2, 0.25) is 0 Å². The molecular formula is C14H19N3O2S. The van der Waals surface area contributed by atoms with Crippen molar-refractivity contribution in [3.05, 3.63) is 24.3 Å². The number of hydrogen-bond acceptors (Lipinski definition) is 5. The molecular weight excluding hydrogens is 274 g/mol. The van der Waals surface area contributed by atoms with Crippen LogP contribution in [-0.2, 0) is 4.79 Å². The number of hydrogen-bond donors (Lipinski definition) is 1. The van der Waals surface area contributed by atoms with Gasteiger partial charge in [-0.1, -0.05) is 0 Å². The van der Waals surface area contributed by atoms with E-state index in [1.165, 1.54) is 0 Å². The molecule has 1 rings (SSSR count). The maximum absolute atomic E-state index is 10.7. The van der Waals surface area contributed by atoms with Gasteiger partial charge in [-0.3, -0.25) is 4.79 Å². The number of anilines is 1. The van der Waals surface area contributed by atoms with Gasteiger partial charge in [-0.15, -0.1) is 0 Å². The van der Waals surface area contributed by atoms with Crippen molar-refractivity contribution in [2.45, 2.75) is 11.3 Å². The number of nitriles is 1. The number of nitrogens with zero attached hydrogens (tertiary/aromatic N) is 3. The quantitative estimate of drug-likeness (QED) is 0.585. The van der Waals surface area contributed by atoms with Crippen molar-refractivity contribution in [2.24, 2.45) is 0 Å². The number of carbonyl (C=O) groups is 1. The minimum Gasteiger partial charge on any atom is -0.481 e. The van der Waals surface area contributed by atoms with Crippen LogP contribution >= 0.6 is 11.8 Å². The first-order chi connectivity index (χ1) is 9.52. The van der Waals surface area contributed by atoms with Crippen LogP contribution in [0.15, 0.2) is 29.2 Å². The Morgan fingerprint density at radius 3 is 2.40 bits per heavy atom. The molecule has 0 radical (unpaired) electrons. The summed E-state index contributed by atoms with van der Waals surface area (Å²) in [5, 5.41) is 19.5. The highest BCUT2D eigenvalue weighted by Gasteiger charge is 2.09. The summed E-state index contributed by atoms with van der Waals surface area (Å²) >= 11 is 1.12. The van der Waals surface area contributed by atoms with Crippen LogP contribution in [0, 0.1) is 10.7 Å². The third-order valence-corrected chi connectivity index (χ3v) is 3.38. The summed E-state index contributed by atoms with van der Waals surface area (Å²) in [6.45, 7) is 2.10. The van der Waals surface area contributed by atoms with Gasteiger partial charge >= 0.3 is 5.97 Å². The van der Waals surface area contributed by atoms with Crippen molar-refractivity contribution in [1.82, 2.24) is 4.90 Å². The number of aliphatic carboxylic acids is 1. The second-order valence-electron chi connectivity index (χ2n) is 4.62. The summed E-state index contributed by atoms with van der Waals surface area (Å²) in [6.07, 6.45) is 0.113. The van der Waals surface area contributed by atoms with Crippen LogP contribution in [0.3, 0.4) is 0 Å². The molecule has 0 saturated carbocycles. The molecule has 0 aliphatic heterocycles. The molecule has 0 aromatic heterocycles. The van der Waals surface area contributed by atoms with Gasteiger partial charge in [0.1, 0.15) is 5.40 Å². The first-order valence-corrected chi connectivity index (χ1v) is 7.12. The van der Waals surface area contributed by atoms with Crippen molar-refractivity contribution in [3.63, 3.8) is 0 Å². The zero-order valence-electron chi connectivity index (χ0n) is 11.7. The molecule has 0 amide bonds. The van der Waals surface area contributed by atoms with Crippen LogP contribution in [0.2, 0.25) is 0 Å². The Labute approximate surface area is 123 Å². The molecule has 1 aromatic rings. The van der Waals surface area contributed by atoms with Gasteiger partial charge in [-0.25, -0.2) is 0 Å². The van der Waals surface area contributed by atoms with Crippen LogP contribution in [0.1, 0.15) is 6.42 Å². The number of rotatable bonds is 8. The highest BCUT2D eigenvalue weighted by Crippen LogP contribution is 2.21. The Morgan fingerprint density at radius 1 is 1.25 bits per heavy atom. The lowest BCUT2D eigenvalue weighted by Crippen LogP contribution is -2.33. The highest BCUT2D eigenvalue weighted by atomic mass is 32.2. The molecule has 0 atom stereocenters. The Bertz CT molecular complexity index is 468.